The number of nitrogens with zero attached hydrogens (tertiary/aromatic N) is 2. The van der Waals surface area contributed by atoms with Crippen molar-refractivity contribution in [2.24, 2.45) is 5.92 Å². The molecule has 5 nitrogen and oxygen atoms in total. The summed E-state index contributed by atoms with van der Waals surface area (Å²) in [7, 11) is 0. The molecule has 5 heteroatoms. The van der Waals surface area contributed by atoms with Crippen LogP contribution in [0.3, 0.4) is 0 Å². The lowest BCUT2D eigenvalue weighted by atomic mass is 9.98. The first-order chi connectivity index (χ1) is 8.33. The van der Waals surface area contributed by atoms with Crippen LogP contribution in [0.25, 0.3) is 5.65 Å². The van der Waals surface area contributed by atoms with Gasteiger partial charge in [-0.3, -0.25) is 14.3 Å². The van der Waals surface area contributed by atoms with Gasteiger partial charge >= 0.3 is 0 Å². The zero-order valence-corrected chi connectivity index (χ0v) is 9.56. The molecule has 17 heavy (non-hydrogen) atoms. The van der Waals surface area contributed by atoms with Crippen LogP contribution in [0.4, 0.5) is 0 Å². The molecule has 3 heterocycles. The van der Waals surface area contributed by atoms with Gasteiger partial charge in [-0.1, -0.05) is 0 Å². The van der Waals surface area contributed by atoms with Gasteiger partial charge in [0.1, 0.15) is 11.5 Å². The second kappa shape index (κ2) is 4.33. The molecular weight excluding hydrogens is 218 g/mol. The Morgan fingerprint density at radius 3 is 3.35 bits per heavy atom. The summed E-state index contributed by atoms with van der Waals surface area (Å²) in [5, 5.41) is 7.16. The summed E-state index contributed by atoms with van der Waals surface area (Å²) in [5.41, 5.74) is 0.755. The fourth-order valence-corrected chi connectivity index (χ4v) is 2.34. The molecule has 1 atom stereocenters. The quantitative estimate of drug-likeness (QED) is 0.841. The van der Waals surface area contributed by atoms with Crippen LogP contribution >= 0.6 is 0 Å². The van der Waals surface area contributed by atoms with Crippen molar-refractivity contribution in [1.29, 1.82) is 0 Å². The molecular formula is C12H15N3O2. The monoisotopic (exact) mass is 233 g/mol. The standard InChI is InChI=1S/C12H15N3O2/c16-10-3-4-15-11(13-14-12(15)7-10)6-9-2-1-5-17-8-9/h3-4,7,9,14H,1-2,5-6,8H2. The lowest BCUT2D eigenvalue weighted by Crippen LogP contribution is -2.20. The molecule has 2 aromatic rings. The molecule has 0 amide bonds. The number of H-pyrrole nitrogens is 1. The Hall–Kier alpha value is -1.62. The molecule has 3 rings (SSSR count). The summed E-state index contributed by atoms with van der Waals surface area (Å²) in [6, 6.07) is 3.12. The van der Waals surface area contributed by atoms with E-state index in [1.807, 2.05) is 4.40 Å². The maximum Gasteiger partial charge on any atom is 0.183 e. The first kappa shape index (κ1) is 10.5. The highest BCUT2D eigenvalue weighted by Crippen LogP contribution is 2.18. The third-order valence-corrected chi connectivity index (χ3v) is 3.23. The number of hydrogen-bond donors (Lipinski definition) is 1. The Bertz CT molecular complexity index is 566. The highest BCUT2D eigenvalue weighted by molar-refractivity contribution is 5.37. The van der Waals surface area contributed by atoms with Gasteiger partial charge in [0.2, 0.25) is 0 Å². The first-order valence-electron chi connectivity index (χ1n) is 5.96. The van der Waals surface area contributed by atoms with Crippen LogP contribution < -0.4 is 5.43 Å². The van der Waals surface area contributed by atoms with E-state index in [1.54, 1.807) is 18.3 Å². The maximum absolute atomic E-state index is 11.2. The number of aromatic nitrogens is 3. The molecule has 2 aromatic heterocycles. The van der Waals surface area contributed by atoms with Crippen LogP contribution in [0.1, 0.15) is 18.7 Å². The fraction of sp³-hybridized carbons (Fsp3) is 0.500. The molecule has 0 spiro atoms. The SMILES string of the molecule is O=c1ccn2c(CC3CCCOC3)n[nH]c2c1. The highest BCUT2D eigenvalue weighted by Gasteiger charge is 2.17. The van der Waals surface area contributed by atoms with E-state index < -0.39 is 0 Å². The van der Waals surface area contributed by atoms with Crippen LogP contribution in [0, 0.1) is 5.92 Å². The molecule has 0 radical (unpaired) electrons. The van der Waals surface area contributed by atoms with E-state index in [2.05, 4.69) is 10.2 Å². The lowest BCUT2D eigenvalue weighted by Gasteiger charge is -2.20. The average molecular weight is 233 g/mol. The van der Waals surface area contributed by atoms with E-state index in [0.717, 1.165) is 37.5 Å². The lowest BCUT2D eigenvalue weighted by molar-refractivity contribution is 0.0542. The minimum absolute atomic E-state index is 0.00111. The number of pyridine rings is 1. The third kappa shape index (κ3) is 2.10. The van der Waals surface area contributed by atoms with Crippen LogP contribution in [0.5, 0.6) is 0 Å². The summed E-state index contributed by atoms with van der Waals surface area (Å²) in [6.45, 7) is 1.69. The van der Waals surface area contributed by atoms with Crippen molar-refractivity contribution in [1.82, 2.24) is 14.6 Å². The van der Waals surface area contributed by atoms with E-state index in [4.69, 9.17) is 4.74 Å². The Morgan fingerprint density at radius 1 is 1.59 bits per heavy atom. The average Bonchev–Trinajstić information content (AvgIpc) is 2.73. The van der Waals surface area contributed by atoms with Gasteiger partial charge in [-0.25, -0.2) is 0 Å². The molecule has 0 bridgehead atoms. The predicted octanol–water partition coefficient (Wildman–Crippen LogP) is 0.992. The molecule has 0 saturated carbocycles. The van der Waals surface area contributed by atoms with Crippen molar-refractivity contribution >= 4 is 5.65 Å². The second-order valence-corrected chi connectivity index (χ2v) is 4.54. The van der Waals surface area contributed by atoms with Crippen molar-refractivity contribution in [2.45, 2.75) is 19.3 Å². The van der Waals surface area contributed by atoms with Gasteiger partial charge in [-0.15, -0.1) is 0 Å². The minimum Gasteiger partial charge on any atom is -0.381 e. The normalized spacial score (nSPS) is 20.8. The number of hydrogen-bond acceptors (Lipinski definition) is 3. The van der Waals surface area contributed by atoms with Gasteiger partial charge in [0.25, 0.3) is 0 Å². The Kier molecular flexibility index (Phi) is 2.68. The maximum atomic E-state index is 11.2. The van der Waals surface area contributed by atoms with E-state index in [0.29, 0.717) is 5.92 Å². The molecule has 1 aliphatic rings. The second-order valence-electron chi connectivity index (χ2n) is 4.54. The number of nitrogens with one attached hydrogen (secondary N) is 1. The van der Waals surface area contributed by atoms with E-state index in [1.165, 1.54) is 6.42 Å². The summed E-state index contributed by atoms with van der Waals surface area (Å²) < 4.78 is 7.41. The van der Waals surface area contributed by atoms with Gasteiger partial charge < -0.3 is 4.74 Å². The molecule has 1 N–H and O–H groups in total. The predicted molar refractivity (Wildman–Crippen MR) is 63.1 cm³/mol. The highest BCUT2D eigenvalue weighted by atomic mass is 16.5. The fourth-order valence-electron chi connectivity index (χ4n) is 2.34. The molecule has 1 fully saturated rings. The Balaban J connectivity index is 1.87. The van der Waals surface area contributed by atoms with Gasteiger partial charge in [0, 0.05) is 38.0 Å². The number of fused-ring (bicyclic) bond motifs is 1. The molecule has 0 aliphatic carbocycles. The smallest absolute Gasteiger partial charge is 0.183 e. The van der Waals surface area contributed by atoms with E-state index in [-0.39, 0.29) is 5.43 Å². The van der Waals surface area contributed by atoms with Crippen LogP contribution in [0.2, 0.25) is 0 Å². The van der Waals surface area contributed by atoms with E-state index in [9.17, 15) is 4.79 Å². The molecule has 0 aromatic carbocycles. The Labute approximate surface area is 98.4 Å². The van der Waals surface area contributed by atoms with Crippen LogP contribution in [-0.2, 0) is 11.2 Å². The number of ether oxygens (including phenoxy) is 1. The van der Waals surface area contributed by atoms with Crippen molar-refractivity contribution in [3.63, 3.8) is 0 Å². The first-order valence-corrected chi connectivity index (χ1v) is 5.96. The largest absolute Gasteiger partial charge is 0.381 e. The number of aromatic amines is 1. The molecule has 1 unspecified atom stereocenters. The van der Waals surface area contributed by atoms with E-state index >= 15 is 0 Å². The Morgan fingerprint density at radius 2 is 2.53 bits per heavy atom. The van der Waals surface area contributed by atoms with Crippen molar-refractivity contribution in [3.8, 4) is 0 Å². The third-order valence-electron chi connectivity index (χ3n) is 3.23. The molecule has 90 valence electrons. The van der Waals surface area contributed by atoms with Crippen molar-refractivity contribution in [3.05, 3.63) is 34.4 Å². The van der Waals surface area contributed by atoms with Crippen LogP contribution in [-0.4, -0.2) is 27.8 Å². The summed E-state index contributed by atoms with van der Waals surface area (Å²) >= 11 is 0. The summed E-state index contributed by atoms with van der Waals surface area (Å²) in [5.74, 6) is 1.50. The minimum atomic E-state index is 0.00111. The zero-order valence-electron chi connectivity index (χ0n) is 9.56. The topological polar surface area (TPSA) is 59.4 Å². The number of rotatable bonds is 2. The summed E-state index contributed by atoms with van der Waals surface area (Å²) in [4.78, 5) is 11.2. The van der Waals surface area contributed by atoms with Crippen LogP contribution in [0.15, 0.2) is 23.1 Å². The molecule has 1 aliphatic heterocycles. The summed E-state index contributed by atoms with van der Waals surface area (Å²) in [6.07, 6.45) is 4.99. The van der Waals surface area contributed by atoms with Crippen molar-refractivity contribution in [2.75, 3.05) is 13.2 Å². The van der Waals surface area contributed by atoms with Gasteiger partial charge in [0.15, 0.2) is 5.43 Å². The zero-order chi connectivity index (χ0) is 11.7. The van der Waals surface area contributed by atoms with Gasteiger partial charge in [-0.2, -0.15) is 5.10 Å². The molecule has 1 saturated heterocycles. The van der Waals surface area contributed by atoms with Crippen molar-refractivity contribution < 1.29 is 4.74 Å². The van der Waals surface area contributed by atoms with Gasteiger partial charge in [-0.05, 0) is 18.8 Å². The van der Waals surface area contributed by atoms with Gasteiger partial charge in [0.05, 0.1) is 0 Å².